The maximum absolute atomic E-state index is 12.4. The van der Waals surface area contributed by atoms with E-state index in [1.54, 1.807) is 0 Å². The SMILES string of the molecule is FC(F)(F)c1cccc(OCc2ccccc2)n1. The molecule has 0 saturated carbocycles. The molecule has 0 aliphatic rings. The van der Waals surface area contributed by atoms with E-state index in [1.807, 2.05) is 30.3 Å². The molecular weight excluding hydrogens is 243 g/mol. The summed E-state index contributed by atoms with van der Waals surface area (Å²) in [5, 5.41) is 0. The summed E-state index contributed by atoms with van der Waals surface area (Å²) in [6.45, 7) is 0.190. The second-order valence-electron chi connectivity index (χ2n) is 3.63. The molecular formula is C13H10F3NO. The fourth-order valence-corrected chi connectivity index (χ4v) is 1.38. The Kier molecular flexibility index (Phi) is 3.50. The van der Waals surface area contributed by atoms with E-state index in [-0.39, 0.29) is 12.5 Å². The van der Waals surface area contributed by atoms with Crippen LogP contribution in [0.1, 0.15) is 11.3 Å². The van der Waals surface area contributed by atoms with E-state index in [0.717, 1.165) is 11.6 Å². The van der Waals surface area contributed by atoms with Crippen molar-refractivity contribution >= 4 is 0 Å². The Morgan fingerprint density at radius 1 is 0.944 bits per heavy atom. The molecule has 0 atom stereocenters. The van der Waals surface area contributed by atoms with E-state index in [2.05, 4.69) is 4.98 Å². The van der Waals surface area contributed by atoms with Crippen LogP contribution in [0, 0.1) is 0 Å². The summed E-state index contributed by atoms with van der Waals surface area (Å²) in [5.41, 5.74) is -0.0789. The van der Waals surface area contributed by atoms with Crippen LogP contribution in [0.3, 0.4) is 0 Å². The molecule has 1 aromatic heterocycles. The molecule has 0 bridgehead atoms. The van der Waals surface area contributed by atoms with E-state index >= 15 is 0 Å². The highest BCUT2D eigenvalue weighted by Gasteiger charge is 2.32. The van der Waals surface area contributed by atoms with Gasteiger partial charge < -0.3 is 4.74 Å². The molecule has 0 N–H and O–H groups in total. The van der Waals surface area contributed by atoms with Gasteiger partial charge >= 0.3 is 6.18 Å². The lowest BCUT2D eigenvalue weighted by Gasteiger charge is -2.09. The molecule has 0 amide bonds. The Morgan fingerprint density at radius 2 is 1.67 bits per heavy atom. The summed E-state index contributed by atoms with van der Waals surface area (Å²) in [6, 6.07) is 12.8. The zero-order valence-corrected chi connectivity index (χ0v) is 9.32. The molecule has 94 valence electrons. The first-order valence-corrected chi connectivity index (χ1v) is 5.27. The van der Waals surface area contributed by atoms with Crippen LogP contribution >= 0.6 is 0 Å². The molecule has 0 unspecified atom stereocenters. The fourth-order valence-electron chi connectivity index (χ4n) is 1.38. The minimum absolute atomic E-state index is 0.0336. The van der Waals surface area contributed by atoms with Crippen molar-refractivity contribution in [3.63, 3.8) is 0 Å². The second kappa shape index (κ2) is 5.08. The highest BCUT2D eigenvalue weighted by atomic mass is 19.4. The van der Waals surface area contributed by atoms with Gasteiger partial charge in [-0.25, -0.2) is 4.98 Å². The van der Waals surface area contributed by atoms with E-state index < -0.39 is 11.9 Å². The van der Waals surface area contributed by atoms with Crippen molar-refractivity contribution in [3.8, 4) is 5.88 Å². The van der Waals surface area contributed by atoms with E-state index in [4.69, 9.17) is 4.74 Å². The zero-order valence-electron chi connectivity index (χ0n) is 9.32. The van der Waals surface area contributed by atoms with Gasteiger partial charge in [0.2, 0.25) is 5.88 Å². The largest absolute Gasteiger partial charge is 0.473 e. The van der Waals surface area contributed by atoms with Crippen molar-refractivity contribution in [1.82, 2.24) is 4.98 Å². The first-order valence-electron chi connectivity index (χ1n) is 5.27. The molecule has 0 aliphatic heterocycles. The van der Waals surface area contributed by atoms with Crippen LogP contribution < -0.4 is 4.74 Å². The van der Waals surface area contributed by atoms with E-state index in [1.165, 1.54) is 12.1 Å². The minimum atomic E-state index is -4.45. The molecule has 2 aromatic rings. The predicted octanol–water partition coefficient (Wildman–Crippen LogP) is 3.68. The van der Waals surface area contributed by atoms with Gasteiger partial charge in [-0.2, -0.15) is 13.2 Å². The number of alkyl halides is 3. The fraction of sp³-hybridized carbons (Fsp3) is 0.154. The average Bonchev–Trinajstić information content (AvgIpc) is 2.37. The maximum atomic E-state index is 12.4. The van der Waals surface area contributed by atoms with Gasteiger partial charge in [0.15, 0.2) is 0 Å². The van der Waals surface area contributed by atoms with Gasteiger partial charge in [0.25, 0.3) is 0 Å². The second-order valence-corrected chi connectivity index (χ2v) is 3.63. The molecule has 18 heavy (non-hydrogen) atoms. The average molecular weight is 253 g/mol. The summed E-state index contributed by atoms with van der Waals surface area (Å²) >= 11 is 0. The van der Waals surface area contributed by atoms with Crippen molar-refractivity contribution in [2.75, 3.05) is 0 Å². The van der Waals surface area contributed by atoms with E-state index in [0.29, 0.717) is 0 Å². The normalized spacial score (nSPS) is 11.3. The third kappa shape index (κ3) is 3.23. The zero-order chi connectivity index (χ0) is 13.0. The van der Waals surface area contributed by atoms with Gasteiger partial charge in [-0.05, 0) is 11.6 Å². The van der Waals surface area contributed by atoms with Gasteiger partial charge in [-0.1, -0.05) is 36.4 Å². The van der Waals surface area contributed by atoms with Crippen LogP contribution in [0.25, 0.3) is 0 Å². The van der Waals surface area contributed by atoms with Crippen molar-refractivity contribution in [3.05, 3.63) is 59.8 Å². The van der Waals surface area contributed by atoms with Gasteiger partial charge in [0, 0.05) is 6.07 Å². The Balaban J connectivity index is 2.06. The van der Waals surface area contributed by atoms with Crippen molar-refractivity contribution in [1.29, 1.82) is 0 Å². The Morgan fingerprint density at radius 3 is 2.33 bits per heavy atom. The van der Waals surface area contributed by atoms with Crippen molar-refractivity contribution in [2.24, 2.45) is 0 Å². The maximum Gasteiger partial charge on any atom is 0.433 e. The lowest BCUT2D eigenvalue weighted by molar-refractivity contribution is -0.141. The third-order valence-corrected chi connectivity index (χ3v) is 2.24. The van der Waals surface area contributed by atoms with Crippen molar-refractivity contribution < 1.29 is 17.9 Å². The number of halogens is 3. The molecule has 1 heterocycles. The van der Waals surface area contributed by atoms with Crippen molar-refractivity contribution in [2.45, 2.75) is 12.8 Å². The Hall–Kier alpha value is -2.04. The van der Waals surface area contributed by atoms with Crippen LogP contribution in [-0.4, -0.2) is 4.98 Å². The molecule has 0 spiro atoms. The predicted molar refractivity (Wildman–Crippen MR) is 60.0 cm³/mol. The minimum Gasteiger partial charge on any atom is -0.473 e. The summed E-state index contributed by atoms with van der Waals surface area (Å²) < 4.78 is 42.5. The van der Waals surface area contributed by atoms with Crippen LogP contribution in [0.2, 0.25) is 0 Å². The number of ether oxygens (including phenoxy) is 1. The number of hydrogen-bond donors (Lipinski definition) is 0. The molecule has 0 fully saturated rings. The quantitative estimate of drug-likeness (QED) is 0.832. The Bertz CT molecular complexity index is 511. The van der Waals surface area contributed by atoms with E-state index in [9.17, 15) is 13.2 Å². The van der Waals surface area contributed by atoms with Crippen LogP contribution in [0.5, 0.6) is 5.88 Å². The number of benzene rings is 1. The number of pyridine rings is 1. The van der Waals surface area contributed by atoms with Gasteiger partial charge in [0.05, 0.1) is 0 Å². The molecule has 5 heteroatoms. The van der Waals surface area contributed by atoms with Crippen LogP contribution in [0.15, 0.2) is 48.5 Å². The van der Waals surface area contributed by atoms with Gasteiger partial charge in [-0.15, -0.1) is 0 Å². The smallest absolute Gasteiger partial charge is 0.433 e. The monoisotopic (exact) mass is 253 g/mol. The topological polar surface area (TPSA) is 22.1 Å². The van der Waals surface area contributed by atoms with Crippen LogP contribution in [0.4, 0.5) is 13.2 Å². The molecule has 0 aliphatic carbocycles. The number of rotatable bonds is 3. The molecule has 1 aromatic carbocycles. The lowest BCUT2D eigenvalue weighted by Crippen LogP contribution is -2.08. The molecule has 2 rings (SSSR count). The molecule has 0 saturated heterocycles. The third-order valence-electron chi connectivity index (χ3n) is 2.24. The van der Waals surface area contributed by atoms with Gasteiger partial charge in [-0.3, -0.25) is 0 Å². The molecule has 0 radical (unpaired) electrons. The first-order chi connectivity index (χ1) is 8.55. The highest BCUT2D eigenvalue weighted by molar-refractivity contribution is 5.19. The Labute approximate surface area is 102 Å². The number of aromatic nitrogens is 1. The summed E-state index contributed by atoms with van der Waals surface area (Å²) in [4.78, 5) is 3.41. The standard InChI is InChI=1S/C13H10F3NO/c14-13(15,16)11-7-4-8-12(17-11)18-9-10-5-2-1-3-6-10/h1-8H,9H2. The highest BCUT2D eigenvalue weighted by Crippen LogP contribution is 2.28. The van der Waals surface area contributed by atoms with Crippen LogP contribution in [-0.2, 0) is 12.8 Å². The first kappa shape index (κ1) is 12.4. The molecule has 2 nitrogen and oxygen atoms in total. The number of nitrogens with zero attached hydrogens (tertiary/aromatic N) is 1. The summed E-state index contributed by atoms with van der Waals surface area (Å²) in [7, 11) is 0. The summed E-state index contributed by atoms with van der Waals surface area (Å²) in [6.07, 6.45) is -4.45. The lowest BCUT2D eigenvalue weighted by atomic mass is 10.2. The number of hydrogen-bond acceptors (Lipinski definition) is 2. The summed E-state index contributed by atoms with van der Waals surface area (Å²) in [5.74, 6) is -0.0336. The van der Waals surface area contributed by atoms with Gasteiger partial charge in [0.1, 0.15) is 12.3 Å².